The third-order valence-corrected chi connectivity index (χ3v) is 2.96. The Bertz CT molecular complexity index is 617. The van der Waals surface area contributed by atoms with E-state index in [1.165, 1.54) is 16.8 Å². The van der Waals surface area contributed by atoms with E-state index >= 15 is 0 Å². The fraction of sp³-hybridized carbons (Fsp3) is 0.214. The van der Waals surface area contributed by atoms with Gasteiger partial charge in [0.1, 0.15) is 0 Å². The summed E-state index contributed by atoms with van der Waals surface area (Å²) in [6, 6.07) is 10.9. The van der Waals surface area contributed by atoms with Crippen LogP contribution in [0.1, 0.15) is 18.4 Å². The number of rotatable bonds is 2. The van der Waals surface area contributed by atoms with Crippen LogP contribution < -0.4 is 5.56 Å². The van der Waals surface area contributed by atoms with Crippen LogP contribution in [-0.2, 0) is 0 Å². The maximum Gasteiger partial charge on any atom is 0.395 e. The lowest BCUT2D eigenvalue weighted by Crippen LogP contribution is -2.22. The number of benzene rings is 1. The zero-order valence-electron chi connectivity index (χ0n) is 10.2. The van der Waals surface area contributed by atoms with Gasteiger partial charge in [0.2, 0.25) is 0 Å². The molecule has 2 rings (SSSR count). The van der Waals surface area contributed by atoms with Gasteiger partial charge in [-0.15, -0.1) is 0 Å². The predicted octanol–water partition coefficient (Wildman–Crippen LogP) is 3.50. The van der Waals surface area contributed by atoms with Crippen molar-refractivity contribution in [1.82, 2.24) is 4.57 Å². The third-order valence-electron chi connectivity index (χ3n) is 2.96. The van der Waals surface area contributed by atoms with Crippen LogP contribution in [0.15, 0.2) is 53.5 Å². The van der Waals surface area contributed by atoms with Crippen molar-refractivity contribution >= 4 is 0 Å². The van der Waals surface area contributed by atoms with Crippen LogP contribution in [0.3, 0.4) is 0 Å². The molecule has 2 aromatic rings. The number of alkyl halides is 3. The van der Waals surface area contributed by atoms with Crippen LogP contribution in [0.2, 0.25) is 0 Å². The Balaban J connectivity index is 2.50. The first-order chi connectivity index (χ1) is 8.89. The molecule has 0 spiro atoms. The Kier molecular flexibility index (Phi) is 3.46. The highest BCUT2D eigenvalue weighted by molar-refractivity contribution is 5.33. The van der Waals surface area contributed by atoms with Crippen LogP contribution in [0.4, 0.5) is 13.2 Å². The Hall–Kier alpha value is -2.04. The molecule has 0 aliphatic heterocycles. The maximum atomic E-state index is 12.7. The van der Waals surface area contributed by atoms with Gasteiger partial charge < -0.3 is 0 Å². The summed E-state index contributed by atoms with van der Waals surface area (Å²) in [5, 5.41) is 0. The van der Waals surface area contributed by atoms with Crippen molar-refractivity contribution in [3.63, 3.8) is 0 Å². The zero-order chi connectivity index (χ0) is 14.0. The van der Waals surface area contributed by atoms with E-state index in [4.69, 9.17) is 0 Å². The van der Waals surface area contributed by atoms with Gasteiger partial charge in [-0.25, -0.2) is 0 Å². The van der Waals surface area contributed by atoms with Gasteiger partial charge in [0.15, 0.2) is 0 Å². The number of para-hydroxylation sites is 1. The van der Waals surface area contributed by atoms with Crippen molar-refractivity contribution in [1.29, 1.82) is 0 Å². The van der Waals surface area contributed by atoms with Gasteiger partial charge in [-0.2, -0.15) is 13.2 Å². The maximum absolute atomic E-state index is 12.7. The first-order valence-corrected chi connectivity index (χ1v) is 5.74. The summed E-state index contributed by atoms with van der Waals surface area (Å²) in [6.07, 6.45) is -3.07. The molecular weight excluding hydrogens is 255 g/mol. The van der Waals surface area contributed by atoms with Gasteiger partial charge in [0.05, 0.1) is 5.92 Å². The Morgan fingerprint density at radius 2 is 1.68 bits per heavy atom. The molecule has 0 aliphatic carbocycles. The van der Waals surface area contributed by atoms with E-state index in [1.54, 1.807) is 30.3 Å². The number of aromatic nitrogens is 1. The molecule has 0 bridgehead atoms. The lowest BCUT2D eigenvalue weighted by Gasteiger charge is -2.17. The second kappa shape index (κ2) is 4.91. The normalized spacial score (nSPS) is 13.3. The second-order valence-corrected chi connectivity index (χ2v) is 4.27. The van der Waals surface area contributed by atoms with Gasteiger partial charge in [-0.1, -0.05) is 24.3 Å². The molecule has 0 fully saturated rings. The molecule has 2 nitrogen and oxygen atoms in total. The number of halogens is 3. The average molecular weight is 267 g/mol. The fourth-order valence-corrected chi connectivity index (χ4v) is 1.74. The first kappa shape index (κ1) is 13.4. The summed E-state index contributed by atoms with van der Waals surface area (Å²) in [5.41, 5.74) is 0.254. The third kappa shape index (κ3) is 2.86. The fourth-order valence-electron chi connectivity index (χ4n) is 1.74. The Morgan fingerprint density at radius 1 is 1.05 bits per heavy atom. The van der Waals surface area contributed by atoms with Crippen LogP contribution in [0.5, 0.6) is 0 Å². The topological polar surface area (TPSA) is 22.0 Å². The standard InChI is InChI=1S/C14H12F3NO/c1-10(14(15,16)17)11-7-8-13(19)18(9-11)12-5-3-2-4-6-12/h2-10H,1H3. The largest absolute Gasteiger partial charge is 0.395 e. The first-order valence-electron chi connectivity index (χ1n) is 5.74. The molecule has 0 saturated heterocycles. The summed E-state index contributed by atoms with van der Waals surface area (Å²) < 4.78 is 39.3. The summed E-state index contributed by atoms with van der Waals surface area (Å²) in [7, 11) is 0. The molecule has 0 radical (unpaired) electrons. The van der Waals surface area contributed by atoms with E-state index in [-0.39, 0.29) is 11.1 Å². The zero-order valence-corrected chi connectivity index (χ0v) is 10.2. The average Bonchev–Trinajstić information content (AvgIpc) is 2.38. The van der Waals surface area contributed by atoms with Crippen LogP contribution in [-0.4, -0.2) is 10.7 Å². The minimum absolute atomic E-state index is 0.0657. The van der Waals surface area contributed by atoms with E-state index in [1.807, 2.05) is 0 Å². The Morgan fingerprint density at radius 3 is 2.26 bits per heavy atom. The summed E-state index contributed by atoms with van der Waals surface area (Å²) in [4.78, 5) is 11.7. The van der Waals surface area contributed by atoms with Crippen molar-refractivity contribution in [2.75, 3.05) is 0 Å². The molecule has 5 heteroatoms. The highest BCUT2D eigenvalue weighted by atomic mass is 19.4. The van der Waals surface area contributed by atoms with Gasteiger partial charge in [0, 0.05) is 18.0 Å². The number of hydrogen-bond donors (Lipinski definition) is 0. The van der Waals surface area contributed by atoms with Crippen molar-refractivity contribution in [3.05, 3.63) is 64.6 Å². The second-order valence-electron chi connectivity index (χ2n) is 4.27. The van der Waals surface area contributed by atoms with E-state index in [0.717, 1.165) is 13.0 Å². The van der Waals surface area contributed by atoms with Crippen LogP contribution >= 0.6 is 0 Å². The van der Waals surface area contributed by atoms with E-state index in [9.17, 15) is 18.0 Å². The van der Waals surface area contributed by atoms with Crippen molar-refractivity contribution < 1.29 is 13.2 Å². The Labute approximate surface area is 108 Å². The molecule has 1 aromatic carbocycles. The minimum atomic E-state index is -4.32. The quantitative estimate of drug-likeness (QED) is 0.816. The van der Waals surface area contributed by atoms with Gasteiger partial charge >= 0.3 is 6.18 Å². The number of hydrogen-bond acceptors (Lipinski definition) is 1. The summed E-state index contributed by atoms with van der Waals surface area (Å²) in [5.74, 6) is -1.61. The van der Waals surface area contributed by atoms with Crippen LogP contribution in [0, 0.1) is 0 Å². The molecule has 1 aromatic heterocycles. The predicted molar refractivity (Wildman–Crippen MR) is 66.5 cm³/mol. The number of nitrogens with zero attached hydrogens (tertiary/aromatic N) is 1. The molecule has 1 heterocycles. The van der Waals surface area contributed by atoms with Crippen molar-refractivity contribution in [2.24, 2.45) is 0 Å². The van der Waals surface area contributed by atoms with Gasteiger partial charge in [-0.05, 0) is 24.6 Å². The highest BCUT2D eigenvalue weighted by Gasteiger charge is 2.37. The molecule has 1 atom stereocenters. The molecular formula is C14H12F3NO. The molecule has 0 amide bonds. The SMILES string of the molecule is CC(c1ccc(=O)n(-c2ccccc2)c1)C(F)(F)F. The molecule has 0 N–H and O–H groups in total. The molecule has 0 saturated carbocycles. The smallest absolute Gasteiger partial charge is 0.284 e. The van der Waals surface area contributed by atoms with Gasteiger partial charge in [-0.3, -0.25) is 9.36 Å². The van der Waals surface area contributed by atoms with Crippen LogP contribution in [0.25, 0.3) is 5.69 Å². The highest BCUT2D eigenvalue weighted by Crippen LogP contribution is 2.33. The van der Waals surface area contributed by atoms with Crippen molar-refractivity contribution in [2.45, 2.75) is 19.0 Å². The number of pyridine rings is 1. The van der Waals surface area contributed by atoms with Crippen molar-refractivity contribution in [3.8, 4) is 5.69 Å². The summed E-state index contributed by atoms with van der Waals surface area (Å²) >= 11 is 0. The van der Waals surface area contributed by atoms with E-state index in [0.29, 0.717) is 5.69 Å². The molecule has 0 aliphatic rings. The monoisotopic (exact) mass is 267 g/mol. The van der Waals surface area contributed by atoms with E-state index in [2.05, 4.69) is 0 Å². The molecule has 19 heavy (non-hydrogen) atoms. The summed E-state index contributed by atoms with van der Waals surface area (Å²) in [6.45, 7) is 1.08. The lowest BCUT2D eigenvalue weighted by molar-refractivity contribution is -0.146. The minimum Gasteiger partial charge on any atom is -0.284 e. The van der Waals surface area contributed by atoms with Gasteiger partial charge in [0.25, 0.3) is 5.56 Å². The van der Waals surface area contributed by atoms with E-state index < -0.39 is 12.1 Å². The lowest BCUT2D eigenvalue weighted by atomic mass is 10.0. The molecule has 1 unspecified atom stereocenters. The molecule has 100 valence electrons.